The van der Waals surface area contributed by atoms with Gasteiger partial charge < -0.3 is 15.2 Å². The molecule has 1 saturated heterocycles. The molecule has 2 fully saturated rings. The molecule has 272 valence electrons. The Bertz CT molecular complexity index is 2410. The number of anilines is 3. The Morgan fingerprint density at radius 2 is 1.40 bits per heavy atom. The monoisotopic (exact) mass is 726 g/mol. The van der Waals surface area contributed by atoms with Crippen LogP contribution in [0.25, 0.3) is 5.57 Å². The lowest BCUT2D eigenvalue weighted by Crippen LogP contribution is -2.58. The summed E-state index contributed by atoms with van der Waals surface area (Å²) < 4.78 is 5.57. The predicted octanol–water partition coefficient (Wildman–Crippen LogP) is 8.17. The average molecular weight is 727 g/mol. The van der Waals surface area contributed by atoms with E-state index < -0.39 is 35.0 Å². The number of allylic oxidation sites excluding steroid dienone is 4. The van der Waals surface area contributed by atoms with Gasteiger partial charge in [-0.15, -0.1) is 0 Å². The van der Waals surface area contributed by atoms with E-state index in [-0.39, 0.29) is 41.3 Å². The molecule has 6 unspecified atom stereocenters. The van der Waals surface area contributed by atoms with Crippen molar-refractivity contribution in [1.29, 1.82) is 0 Å². The van der Waals surface area contributed by atoms with Crippen LogP contribution in [0, 0.1) is 23.7 Å². The molecule has 8 nitrogen and oxygen atoms in total. The quantitative estimate of drug-likeness (QED) is 0.129. The number of phenolic OH excluding ortho intramolecular Hbond substituents is 1. The first kappa shape index (κ1) is 34.2. The van der Waals surface area contributed by atoms with Crippen LogP contribution in [0.4, 0.5) is 17.1 Å². The van der Waals surface area contributed by atoms with Gasteiger partial charge in [0.15, 0.2) is 23.1 Å². The van der Waals surface area contributed by atoms with Gasteiger partial charge in [0.2, 0.25) is 11.8 Å². The second-order valence-electron chi connectivity index (χ2n) is 14.8. The molecule has 4 aliphatic rings. The Morgan fingerprint density at radius 3 is 2.09 bits per heavy atom. The minimum absolute atomic E-state index is 0.0592. The zero-order valence-corrected chi connectivity index (χ0v) is 30.1. The summed E-state index contributed by atoms with van der Waals surface area (Å²) in [6.45, 7) is 0. The number of imide groups is 1. The Balaban J connectivity index is 1.18. The number of fused-ring (bicyclic) bond motifs is 4. The van der Waals surface area contributed by atoms with Crippen molar-refractivity contribution in [3.63, 3.8) is 0 Å². The molecule has 2 amide bonds. The van der Waals surface area contributed by atoms with Crippen molar-refractivity contribution in [3.8, 4) is 11.5 Å². The molecule has 5 aromatic rings. The Kier molecular flexibility index (Phi) is 8.34. The standard InChI is InChI=1S/C47H38N2O6/c1-55-40-25-29(17-24-39(40)50)43-34-22-23-35-42(46(54)49(45(35)53)33-20-18-32(19-21-33)48-31-15-9-4-10-16-31)37(34)26-38-44(52)36(28-11-5-2-6-12-28)27-41(51)47(38,43)30-13-7-3-8-14-30/h2-22,24-25,27,35,37-38,42-43,48,50H,23,26H2,1H3. The highest BCUT2D eigenvalue weighted by atomic mass is 16.5. The number of aromatic hydroxyl groups is 1. The molecule has 1 aliphatic heterocycles. The molecule has 5 aromatic carbocycles. The van der Waals surface area contributed by atoms with Crippen molar-refractivity contribution < 1.29 is 29.0 Å². The van der Waals surface area contributed by atoms with E-state index in [9.17, 15) is 14.7 Å². The summed E-state index contributed by atoms with van der Waals surface area (Å²) in [5.41, 5.74) is 4.04. The van der Waals surface area contributed by atoms with Crippen LogP contribution in [0.5, 0.6) is 11.5 Å². The highest BCUT2D eigenvalue weighted by Gasteiger charge is 2.66. The molecule has 1 saturated carbocycles. The maximum absolute atomic E-state index is 15.2. The third-order valence-electron chi connectivity index (χ3n) is 12.1. The van der Waals surface area contributed by atoms with E-state index in [2.05, 4.69) is 5.32 Å². The number of amides is 2. The molecule has 55 heavy (non-hydrogen) atoms. The number of ketones is 2. The van der Waals surface area contributed by atoms with E-state index in [0.717, 1.165) is 16.9 Å². The number of carbonyl (C=O) groups is 4. The van der Waals surface area contributed by atoms with E-state index in [4.69, 9.17) is 4.74 Å². The minimum Gasteiger partial charge on any atom is -0.504 e. The second-order valence-corrected chi connectivity index (χ2v) is 14.8. The first-order valence-corrected chi connectivity index (χ1v) is 18.6. The van der Waals surface area contributed by atoms with Gasteiger partial charge in [-0.05, 0) is 90.1 Å². The predicted molar refractivity (Wildman–Crippen MR) is 210 cm³/mol. The first-order chi connectivity index (χ1) is 26.8. The largest absolute Gasteiger partial charge is 0.504 e. The van der Waals surface area contributed by atoms with Crippen molar-refractivity contribution >= 4 is 46.0 Å². The van der Waals surface area contributed by atoms with E-state index in [0.29, 0.717) is 34.4 Å². The summed E-state index contributed by atoms with van der Waals surface area (Å²) in [4.78, 5) is 60.7. The van der Waals surface area contributed by atoms with Crippen LogP contribution in [-0.4, -0.2) is 35.6 Å². The summed E-state index contributed by atoms with van der Waals surface area (Å²) in [7, 11) is 1.47. The zero-order chi connectivity index (χ0) is 37.8. The van der Waals surface area contributed by atoms with E-state index in [1.165, 1.54) is 18.1 Å². The summed E-state index contributed by atoms with van der Waals surface area (Å²) in [6.07, 6.45) is 4.04. The fraction of sp³-hybridized carbons (Fsp3) is 0.191. The molecule has 9 rings (SSSR count). The lowest BCUT2D eigenvalue weighted by Gasteiger charge is -2.55. The number of hydrogen-bond donors (Lipinski definition) is 2. The SMILES string of the molecule is COc1cc(C2C3=CCC4C(=O)N(c5ccc(Nc6ccccc6)cc5)C(=O)C4C3CC3C(=O)C(c4ccccc4)=CC(=O)C32c2ccccc2)ccc1O. The molecule has 6 atom stereocenters. The first-order valence-electron chi connectivity index (χ1n) is 18.6. The van der Waals surface area contributed by atoms with Crippen LogP contribution < -0.4 is 15.0 Å². The van der Waals surface area contributed by atoms with Crippen molar-refractivity contribution in [2.24, 2.45) is 23.7 Å². The molecular weight excluding hydrogens is 689 g/mol. The third kappa shape index (κ3) is 5.35. The molecular formula is C47H38N2O6. The van der Waals surface area contributed by atoms with Crippen molar-refractivity contribution in [2.45, 2.75) is 24.2 Å². The lowest BCUT2D eigenvalue weighted by atomic mass is 9.44. The fourth-order valence-electron chi connectivity index (χ4n) is 9.76. The summed E-state index contributed by atoms with van der Waals surface area (Å²) in [6, 6.07) is 40.7. The highest BCUT2D eigenvalue weighted by molar-refractivity contribution is 6.32. The van der Waals surface area contributed by atoms with Crippen LogP contribution in [-0.2, 0) is 24.6 Å². The number of benzene rings is 5. The maximum atomic E-state index is 15.2. The Labute approximate surface area is 318 Å². The fourth-order valence-corrected chi connectivity index (χ4v) is 9.76. The molecule has 1 heterocycles. The molecule has 0 aromatic heterocycles. The average Bonchev–Trinajstić information content (AvgIpc) is 3.48. The number of hydrogen-bond acceptors (Lipinski definition) is 7. The number of methoxy groups -OCH3 is 1. The van der Waals surface area contributed by atoms with Crippen LogP contribution in [0.3, 0.4) is 0 Å². The van der Waals surface area contributed by atoms with E-state index in [1.54, 1.807) is 30.3 Å². The molecule has 0 spiro atoms. The Hall–Kier alpha value is -6.54. The van der Waals surface area contributed by atoms with Gasteiger partial charge in [0.1, 0.15) is 0 Å². The highest BCUT2D eigenvalue weighted by Crippen LogP contribution is 2.64. The number of ether oxygens (including phenoxy) is 1. The topological polar surface area (TPSA) is 113 Å². The van der Waals surface area contributed by atoms with E-state index >= 15 is 9.59 Å². The number of nitrogens with zero attached hydrogens (tertiary/aromatic N) is 1. The van der Waals surface area contributed by atoms with Crippen LogP contribution in [0.2, 0.25) is 0 Å². The molecule has 0 bridgehead atoms. The Morgan fingerprint density at radius 1 is 0.745 bits per heavy atom. The molecule has 3 aliphatic carbocycles. The number of phenols is 1. The second kappa shape index (κ2) is 13.4. The van der Waals surface area contributed by atoms with Gasteiger partial charge in [0, 0.05) is 28.8 Å². The van der Waals surface area contributed by atoms with Crippen molar-refractivity contribution in [2.75, 3.05) is 17.3 Å². The minimum atomic E-state index is -1.37. The van der Waals surface area contributed by atoms with Crippen LogP contribution in [0.15, 0.2) is 151 Å². The van der Waals surface area contributed by atoms with Gasteiger partial charge in [-0.3, -0.25) is 24.1 Å². The zero-order valence-electron chi connectivity index (χ0n) is 30.1. The van der Waals surface area contributed by atoms with Crippen LogP contribution >= 0.6 is 0 Å². The number of rotatable bonds is 7. The summed E-state index contributed by atoms with van der Waals surface area (Å²) in [5.74, 6) is -4.25. The van der Waals surface area contributed by atoms with Crippen LogP contribution in [0.1, 0.15) is 35.4 Å². The molecule has 8 heteroatoms. The van der Waals surface area contributed by atoms with Gasteiger partial charge in [-0.1, -0.05) is 96.6 Å². The lowest BCUT2D eigenvalue weighted by molar-refractivity contribution is -0.135. The third-order valence-corrected chi connectivity index (χ3v) is 12.1. The molecule has 2 N–H and O–H groups in total. The summed E-state index contributed by atoms with van der Waals surface area (Å²) in [5, 5.41) is 14.0. The molecule has 0 radical (unpaired) electrons. The van der Waals surface area contributed by atoms with Gasteiger partial charge >= 0.3 is 0 Å². The number of para-hydroxylation sites is 1. The smallest absolute Gasteiger partial charge is 0.238 e. The van der Waals surface area contributed by atoms with Gasteiger partial charge in [0.25, 0.3) is 0 Å². The number of carbonyl (C=O) groups excluding carboxylic acids is 4. The van der Waals surface area contributed by atoms with Gasteiger partial charge in [-0.25, -0.2) is 0 Å². The van der Waals surface area contributed by atoms with Gasteiger partial charge in [0.05, 0.1) is 30.0 Å². The van der Waals surface area contributed by atoms with Crippen molar-refractivity contribution in [1.82, 2.24) is 0 Å². The summed E-state index contributed by atoms with van der Waals surface area (Å²) >= 11 is 0. The van der Waals surface area contributed by atoms with Crippen molar-refractivity contribution in [3.05, 3.63) is 168 Å². The van der Waals surface area contributed by atoms with Gasteiger partial charge in [-0.2, -0.15) is 0 Å². The number of nitrogens with one attached hydrogen (secondary N) is 1. The normalized spacial score (nSPS) is 25.7. The number of Topliss-reactive ketones (excluding diaryl/α,β-unsaturated/α-hetero) is 1. The maximum Gasteiger partial charge on any atom is 0.238 e. The van der Waals surface area contributed by atoms with E-state index in [1.807, 2.05) is 109 Å².